The number of rotatable bonds is 4. The second kappa shape index (κ2) is 9.79. The van der Waals surface area contributed by atoms with Crippen molar-refractivity contribution in [3.8, 4) is 0 Å². The SMILES string of the molecule is COC(=O)C1=C(CN2CCN(C(=O)OC(C)(C)C)CC2)NC(=O)N[C@H]1c1cccc(Cl)c1. The first kappa shape index (κ1) is 23.9. The minimum absolute atomic E-state index is 0.323. The van der Waals surface area contributed by atoms with Gasteiger partial charge < -0.3 is 25.0 Å². The molecule has 1 atom stereocenters. The Morgan fingerprint density at radius 1 is 1.19 bits per heavy atom. The molecule has 0 unspecified atom stereocenters. The number of benzene rings is 1. The number of nitrogens with one attached hydrogen (secondary N) is 2. The lowest BCUT2D eigenvalue weighted by Gasteiger charge is -2.37. The number of piperazine rings is 1. The highest BCUT2D eigenvalue weighted by Crippen LogP contribution is 2.29. The van der Waals surface area contributed by atoms with E-state index in [1.54, 1.807) is 29.2 Å². The molecule has 2 aliphatic heterocycles. The van der Waals surface area contributed by atoms with Crippen LogP contribution in [0.5, 0.6) is 0 Å². The third-order valence-corrected chi connectivity index (χ3v) is 5.38. The summed E-state index contributed by atoms with van der Waals surface area (Å²) in [6, 6.07) is 5.88. The van der Waals surface area contributed by atoms with Crippen LogP contribution in [-0.2, 0) is 14.3 Å². The quantitative estimate of drug-likeness (QED) is 0.664. The molecule has 32 heavy (non-hydrogen) atoms. The highest BCUT2D eigenvalue weighted by molar-refractivity contribution is 6.30. The number of nitrogens with zero attached hydrogens (tertiary/aromatic N) is 2. The molecule has 0 aliphatic carbocycles. The van der Waals surface area contributed by atoms with Gasteiger partial charge in [0.25, 0.3) is 0 Å². The van der Waals surface area contributed by atoms with Crippen LogP contribution in [0.15, 0.2) is 35.5 Å². The lowest BCUT2D eigenvalue weighted by molar-refractivity contribution is -0.136. The van der Waals surface area contributed by atoms with Crippen LogP contribution in [0.2, 0.25) is 5.02 Å². The van der Waals surface area contributed by atoms with E-state index in [4.69, 9.17) is 21.1 Å². The average molecular weight is 465 g/mol. The fourth-order valence-electron chi connectivity index (χ4n) is 3.67. The Morgan fingerprint density at radius 3 is 2.47 bits per heavy atom. The Bertz CT molecular complexity index is 919. The summed E-state index contributed by atoms with van der Waals surface area (Å²) in [6.07, 6.45) is -0.345. The van der Waals surface area contributed by atoms with Crippen LogP contribution in [0.3, 0.4) is 0 Å². The molecule has 174 valence electrons. The molecule has 0 spiro atoms. The van der Waals surface area contributed by atoms with Gasteiger partial charge >= 0.3 is 18.1 Å². The molecule has 0 saturated carbocycles. The van der Waals surface area contributed by atoms with Crippen molar-refractivity contribution in [2.24, 2.45) is 0 Å². The van der Waals surface area contributed by atoms with Crippen LogP contribution in [0.1, 0.15) is 32.4 Å². The molecule has 0 bridgehead atoms. The number of amides is 3. The molecule has 1 aromatic rings. The van der Waals surface area contributed by atoms with Gasteiger partial charge in [0.1, 0.15) is 5.60 Å². The van der Waals surface area contributed by atoms with Crippen LogP contribution in [-0.4, -0.2) is 73.3 Å². The molecule has 1 fully saturated rings. The van der Waals surface area contributed by atoms with Gasteiger partial charge in [-0.25, -0.2) is 14.4 Å². The fraction of sp³-hybridized carbons (Fsp3) is 0.500. The third kappa shape index (κ3) is 5.92. The highest BCUT2D eigenvalue weighted by atomic mass is 35.5. The average Bonchev–Trinajstić information content (AvgIpc) is 2.72. The van der Waals surface area contributed by atoms with Crippen molar-refractivity contribution < 1.29 is 23.9 Å². The lowest BCUT2D eigenvalue weighted by Crippen LogP contribution is -2.53. The van der Waals surface area contributed by atoms with Gasteiger partial charge in [0.15, 0.2) is 0 Å². The summed E-state index contributed by atoms with van der Waals surface area (Å²) < 4.78 is 10.4. The highest BCUT2D eigenvalue weighted by Gasteiger charge is 2.35. The molecule has 0 aromatic heterocycles. The van der Waals surface area contributed by atoms with E-state index in [1.165, 1.54) is 7.11 Å². The van der Waals surface area contributed by atoms with E-state index >= 15 is 0 Å². The largest absolute Gasteiger partial charge is 0.466 e. The first-order valence-electron chi connectivity index (χ1n) is 10.4. The maximum atomic E-state index is 12.7. The monoisotopic (exact) mass is 464 g/mol. The number of halogens is 1. The van der Waals surface area contributed by atoms with Crippen molar-refractivity contribution in [3.05, 3.63) is 46.1 Å². The first-order valence-corrected chi connectivity index (χ1v) is 10.8. The number of hydrogen-bond donors (Lipinski definition) is 2. The van der Waals surface area contributed by atoms with Crippen LogP contribution in [0.25, 0.3) is 0 Å². The lowest BCUT2D eigenvalue weighted by atomic mass is 9.95. The van der Waals surface area contributed by atoms with Gasteiger partial charge in [-0.3, -0.25) is 4.90 Å². The van der Waals surface area contributed by atoms with Gasteiger partial charge in [-0.15, -0.1) is 0 Å². The molecule has 1 saturated heterocycles. The Hall–Kier alpha value is -2.78. The van der Waals surface area contributed by atoms with E-state index in [0.717, 1.165) is 0 Å². The standard InChI is InChI=1S/C22H29ClN4O5/c1-22(2,3)32-21(30)27-10-8-26(9-11-27)13-16-17(19(28)31-4)18(25-20(29)24-16)14-6-5-7-15(23)12-14/h5-7,12,18H,8-11,13H2,1-4H3,(H2,24,25,29)/t18-/m0/s1. The molecule has 2 heterocycles. The zero-order valence-electron chi connectivity index (χ0n) is 18.7. The molecule has 10 heteroatoms. The Morgan fingerprint density at radius 2 is 1.88 bits per heavy atom. The van der Waals surface area contributed by atoms with Gasteiger partial charge in [-0.1, -0.05) is 23.7 Å². The summed E-state index contributed by atoms with van der Waals surface area (Å²) in [7, 11) is 1.30. The van der Waals surface area contributed by atoms with Crippen molar-refractivity contribution in [2.75, 3.05) is 39.8 Å². The maximum Gasteiger partial charge on any atom is 0.410 e. The van der Waals surface area contributed by atoms with Crippen molar-refractivity contribution in [2.45, 2.75) is 32.4 Å². The molecular formula is C22H29ClN4O5. The summed E-state index contributed by atoms with van der Waals surface area (Å²) in [5.74, 6) is -0.537. The topological polar surface area (TPSA) is 100 Å². The van der Waals surface area contributed by atoms with Crippen molar-refractivity contribution >= 4 is 29.7 Å². The van der Waals surface area contributed by atoms with Crippen LogP contribution in [0, 0.1) is 0 Å². The van der Waals surface area contributed by atoms with E-state index < -0.39 is 23.6 Å². The summed E-state index contributed by atoms with van der Waals surface area (Å²) in [6.45, 7) is 7.94. The van der Waals surface area contributed by atoms with Crippen LogP contribution < -0.4 is 10.6 Å². The molecule has 0 radical (unpaired) electrons. The van der Waals surface area contributed by atoms with E-state index in [1.807, 2.05) is 20.8 Å². The first-order chi connectivity index (χ1) is 15.1. The number of carbonyl (C=O) groups is 3. The minimum Gasteiger partial charge on any atom is -0.466 e. The van der Waals surface area contributed by atoms with Gasteiger partial charge in [0.05, 0.1) is 18.7 Å². The number of carbonyl (C=O) groups excluding carboxylic acids is 3. The van der Waals surface area contributed by atoms with Crippen LogP contribution in [0.4, 0.5) is 9.59 Å². The molecular weight excluding hydrogens is 436 g/mol. The second-order valence-electron chi connectivity index (χ2n) is 8.71. The Kier molecular flexibility index (Phi) is 7.30. The van der Waals surface area contributed by atoms with E-state index in [-0.39, 0.29) is 6.09 Å². The van der Waals surface area contributed by atoms with Gasteiger partial charge in [0, 0.05) is 43.4 Å². The number of methoxy groups -OCH3 is 1. The fourth-order valence-corrected chi connectivity index (χ4v) is 3.87. The molecule has 2 N–H and O–H groups in total. The van der Waals surface area contributed by atoms with E-state index in [0.29, 0.717) is 54.6 Å². The summed E-state index contributed by atoms with van der Waals surface area (Å²) >= 11 is 6.12. The maximum absolute atomic E-state index is 12.7. The molecule has 1 aromatic carbocycles. The summed E-state index contributed by atoms with van der Waals surface area (Å²) in [4.78, 5) is 41.1. The number of ether oxygens (including phenoxy) is 2. The van der Waals surface area contributed by atoms with Crippen molar-refractivity contribution in [1.29, 1.82) is 0 Å². The summed E-state index contributed by atoms with van der Waals surface area (Å²) in [5.41, 5.74) is 0.920. The third-order valence-electron chi connectivity index (χ3n) is 5.15. The van der Waals surface area contributed by atoms with E-state index in [9.17, 15) is 14.4 Å². The number of esters is 1. The second-order valence-corrected chi connectivity index (χ2v) is 9.15. The zero-order valence-corrected chi connectivity index (χ0v) is 19.5. The minimum atomic E-state index is -0.687. The van der Waals surface area contributed by atoms with E-state index in [2.05, 4.69) is 15.5 Å². The predicted molar refractivity (Wildman–Crippen MR) is 119 cm³/mol. The van der Waals surface area contributed by atoms with Gasteiger partial charge in [0.2, 0.25) is 0 Å². The van der Waals surface area contributed by atoms with Gasteiger partial charge in [-0.2, -0.15) is 0 Å². The van der Waals surface area contributed by atoms with Crippen molar-refractivity contribution in [3.63, 3.8) is 0 Å². The Balaban J connectivity index is 1.78. The summed E-state index contributed by atoms with van der Waals surface area (Å²) in [5, 5.41) is 6.04. The number of urea groups is 1. The van der Waals surface area contributed by atoms with Crippen molar-refractivity contribution in [1.82, 2.24) is 20.4 Å². The number of hydrogen-bond acceptors (Lipinski definition) is 6. The molecule has 2 aliphatic rings. The molecule has 3 amide bonds. The molecule has 3 rings (SSSR count). The predicted octanol–water partition coefficient (Wildman–Crippen LogP) is 2.67. The van der Waals surface area contributed by atoms with Crippen LogP contribution >= 0.6 is 11.6 Å². The molecule has 9 nitrogen and oxygen atoms in total. The Labute approximate surface area is 192 Å². The zero-order chi connectivity index (χ0) is 23.5. The smallest absolute Gasteiger partial charge is 0.410 e. The normalized spacial score (nSPS) is 19.8. The van der Waals surface area contributed by atoms with Gasteiger partial charge in [-0.05, 0) is 38.5 Å².